The third-order valence-electron chi connectivity index (χ3n) is 16.5. The molecule has 0 aromatic heterocycles. The zero-order valence-corrected chi connectivity index (χ0v) is 41.2. The molecule has 2 aliphatic heterocycles. The number of Topliss-reactive ketones (excluding diaryl/α,β-unsaturated/α-hetero) is 1. The molecule has 2 heterocycles. The van der Waals surface area contributed by atoms with Crippen molar-refractivity contribution in [3.63, 3.8) is 0 Å². The SMILES string of the molecule is C[C@]12C=CC(=O)C=C1CC[C@H]1[C@@H]3C[C@H]4O[C@@H](C5CC[S+](Cc6cc(C(O)CNCCCCCCOCCCCc7ccccc7)ccc6OP(=O)([O-])O)CC5)O[C@@]4(C(=O)CO)[C@@]3(C)C[C@H](O)[C@@]12F. The lowest BCUT2D eigenvalue weighted by molar-refractivity contribution is -0.235. The lowest BCUT2D eigenvalue weighted by atomic mass is 9.44. The first-order chi connectivity index (χ1) is 32.5. The van der Waals surface area contributed by atoms with Crippen molar-refractivity contribution in [3.8, 4) is 5.75 Å². The summed E-state index contributed by atoms with van der Waals surface area (Å²) in [4.78, 5) is 47.9. The lowest BCUT2D eigenvalue weighted by Gasteiger charge is -2.62. The van der Waals surface area contributed by atoms with Gasteiger partial charge < -0.3 is 49.2 Å². The van der Waals surface area contributed by atoms with Gasteiger partial charge in [-0.25, -0.2) is 4.39 Å². The minimum Gasteiger partial charge on any atom is -0.746 e. The predicted molar refractivity (Wildman–Crippen MR) is 255 cm³/mol. The Morgan fingerprint density at radius 1 is 1.03 bits per heavy atom. The molecular formula is C52H71FNO12PS. The zero-order chi connectivity index (χ0) is 48.3. The summed E-state index contributed by atoms with van der Waals surface area (Å²) in [6, 6.07) is 15.3. The number of unbranched alkanes of at least 4 members (excludes halogenated alkanes) is 4. The van der Waals surface area contributed by atoms with Crippen molar-refractivity contribution in [1.29, 1.82) is 0 Å². The lowest BCUT2D eigenvalue weighted by Crippen LogP contribution is -2.69. The van der Waals surface area contributed by atoms with Gasteiger partial charge >= 0.3 is 7.82 Å². The van der Waals surface area contributed by atoms with Gasteiger partial charge in [-0.1, -0.05) is 67.8 Å². The number of allylic oxidation sites excluding steroid dienone is 4. The van der Waals surface area contributed by atoms with Crippen molar-refractivity contribution < 1.29 is 62.4 Å². The molecule has 0 bridgehead atoms. The number of halogens is 1. The molecule has 4 aliphatic carbocycles. The minimum atomic E-state index is -5.12. The van der Waals surface area contributed by atoms with Crippen LogP contribution in [0.3, 0.4) is 0 Å². The van der Waals surface area contributed by atoms with Crippen LogP contribution < -0.4 is 14.7 Å². The van der Waals surface area contributed by atoms with Crippen LogP contribution in [0.4, 0.5) is 4.39 Å². The number of fused-ring (bicyclic) bond motifs is 7. The molecule has 3 saturated carbocycles. The molecule has 5 N–H and O–H groups in total. The molecular weight excluding hydrogens is 913 g/mol. The maximum atomic E-state index is 17.8. The van der Waals surface area contributed by atoms with Crippen molar-refractivity contribution in [1.82, 2.24) is 5.32 Å². The summed E-state index contributed by atoms with van der Waals surface area (Å²) < 4.78 is 54.1. The third kappa shape index (κ3) is 10.3. The quantitative estimate of drug-likeness (QED) is 0.0500. The molecule has 8 rings (SSSR count). The molecule has 68 heavy (non-hydrogen) atoms. The fourth-order valence-electron chi connectivity index (χ4n) is 12.9. The number of ether oxygens (including phenoxy) is 3. The van der Waals surface area contributed by atoms with Gasteiger partial charge in [-0.05, 0) is 136 Å². The number of carbonyl (C=O) groups is 2. The topological polar surface area (TPSA) is 204 Å². The highest BCUT2D eigenvalue weighted by Gasteiger charge is 2.79. The normalized spacial score (nSPS) is 35.4. The number of aliphatic hydroxyl groups excluding tert-OH is 3. The number of aryl methyl sites for hydroxylation is 1. The summed E-state index contributed by atoms with van der Waals surface area (Å²) in [5.74, 6) is 0.0804. The van der Waals surface area contributed by atoms with Crippen LogP contribution in [0.25, 0.3) is 0 Å². The molecule has 2 saturated heterocycles. The van der Waals surface area contributed by atoms with Gasteiger partial charge in [0.1, 0.15) is 29.6 Å². The molecule has 2 unspecified atom stereocenters. The summed E-state index contributed by atoms with van der Waals surface area (Å²) in [6.45, 7) is 5.45. The minimum absolute atomic E-state index is 0.0160. The van der Waals surface area contributed by atoms with Crippen molar-refractivity contribution in [3.05, 3.63) is 89.0 Å². The number of hydrogen-bond acceptors (Lipinski definition) is 12. The molecule has 5 fully saturated rings. The Labute approximate surface area is 403 Å². The maximum absolute atomic E-state index is 17.8. The van der Waals surface area contributed by atoms with Crippen LogP contribution in [0.15, 0.2) is 72.3 Å². The van der Waals surface area contributed by atoms with Gasteiger partial charge in [0.15, 0.2) is 29.1 Å². The molecule has 6 aliphatic rings. The Morgan fingerprint density at radius 3 is 2.50 bits per heavy atom. The Kier molecular flexibility index (Phi) is 16.3. The average molecular weight is 984 g/mol. The highest BCUT2D eigenvalue weighted by atomic mass is 32.2. The first-order valence-corrected chi connectivity index (χ1v) is 28.0. The fourth-order valence-corrected chi connectivity index (χ4v) is 15.8. The number of benzene rings is 2. The molecule has 0 amide bonds. The van der Waals surface area contributed by atoms with Crippen LogP contribution in [-0.2, 0) is 51.4 Å². The van der Waals surface area contributed by atoms with Crippen LogP contribution in [0.5, 0.6) is 5.75 Å². The molecule has 0 radical (unpaired) electrons. The summed E-state index contributed by atoms with van der Waals surface area (Å²) in [7, 11) is -5.36. The number of hydrogen-bond donors (Lipinski definition) is 5. The van der Waals surface area contributed by atoms with E-state index in [0.717, 1.165) is 76.2 Å². The van der Waals surface area contributed by atoms with Gasteiger partial charge in [0, 0.05) is 48.0 Å². The van der Waals surface area contributed by atoms with Crippen LogP contribution in [0.1, 0.15) is 114 Å². The summed E-state index contributed by atoms with van der Waals surface area (Å²) >= 11 is 0. The highest BCUT2D eigenvalue weighted by molar-refractivity contribution is 7.96. The Balaban J connectivity index is 0.820. The Hall–Kier alpha value is -2.79. The van der Waals surface area contributed by atoms with E-state index < -0.39 is 78.8 Å². The molecule has 11 atom stereocenters. The summed E-state index contributed by atoms with van der Waals surface area (Å²) in [5, 5.41) is 36.8. The average Bonchev–Trinajstić information content (AvgIpc) is 3.81. The number of nitrogens with one attached hydrogen (secondary N) is 1. The maximum Gasteiger partial charge on any atom is 0.317 e. The Morgan fingerprint density at radius 2 is 1.76 bits per heavy atom. The first-order valence-electron chi connectivity index (χ1n) is 24.8. The number of carbonyl (C=O) groups excluding carboxylic acids is 2. The second kappa shape index (κ2) is 21.5. The number of rotatable bonds is 22. The van der Waals surface area contributed by atoms with Crippen LogP contribution in [0, 0.1) is 28.6 Å². The van der Waals surface area contributed by atoms with Gasteiger partial charge in [-0.3, -0.25) is 14.2 Å². The van der Waals surface area contributed by atoms with Crippen molar-refractivity contribution in [2.75, 3.05) is 44.4 Å². The van der Waals surface area contributed by atoms with Gasteiger partial charge in [-0.15, -0.1) is 0 Å². The predicted octanol–water partition coefficient (Wildman–Crippen LogP) is 6.30. The van der Waals surface area contributed by atoms with Crippen LogP contribution in [0.2, 0.25) is 0 Å². The molecule has 13 nitrogen and oxygen atoms in total. The van der Waals surface area contributed by atoms with E-state index in [0.29, 0.717) is 61.1 Å². The van der Waals surface area contributed by atoms with Gasteiger partial charge in [-0.2, -0.15) is 0 Å². The van der Waals surface area contributed by atoms with Gasteiger partial charge in [0.2, 0.25) is 0 Å². The zero-order valence-electron chi connectivity index (χ0n) is 39.5. The number of aliphatic hydroxyl groups is 3. The van der Waals surface area contributed by atoms with E-state index in [1.54, 1.807) is 25.1 Å². The molecule has 0 spiro atoms. The van der Waals surface area contributed by atoms with E-state index in [9.17, 15) is 39.3 Å². The van der Waals surface area contributed by atoms with E-state index in [2.05, 4.69) is 29.6 Å². The largest absolute Gasteiger partial charge is 0.746 e. The smallest absolute Gasteiger partial charge is 0.317 e. The van der Waals surface area contributed by atoms with Crippen molar-refractivity contribution in [2.24, 2.45) is 28.6 Å². The number of phosphoric acid groups is 1. The van der Waals surface area contributed by atoms with E-state index >= 15 is 4.39 Å². The molecule has 374 valence electrons. The molecule has 2 aromatic carbocycles. The summed E-state index contributed by atoms with van der Waals surface area (Å²) in [6.07, 6.45) is 10.5. The van der Waals surface area contributed by atoms with E-state index in [-0.39, 0.29) is 34.8 Å². The third-order valence-corrected chi connectivity index (χ3v) is 19.3. The second-order valence-corrected chi connectivity index (χ2v) is 24.0. The van der Waals surface area contributed by atoms with E-state index in [1.165, 1.54) is 23.8 Å². The fraction of sp³-hybridized carbons (Fsp3) is 0.654. The van der Waals surface area contributed by atoms with E-state index in [1.807, 2.05) is 13.0 Å². The van der Waals surface area contributed by atoms with Crippen LogP contribution in [-0.4, -0.2) is 106 Å². The number of ketones is 2. The van der Waals surface area contributed by atoms with Gasteiger partial charge in [0.25, 0.3) is 0 Å². The van der Waals surface area contributed by atoms with E-state index in [4.69, 9.17) is 18.7 Å². The summed E-state index contributed by atoms with van der Waals surface area (Å²) in [5.41, 5.74) is -2.68. The van der Waals surface area contributed by atoms with Crippen molar-refractivity contribution >= 4 is 30.3 Å². The molecule has 16 heteroatoms. The number of alkyl halides is 1. The van der Waals surface area contributed by atoms with Crippen molar-refractivity contribution in [2.45, 2.75) is 139 Å². The first kappa shape index (κ1) is 51.6. The molecule has 2 aromatic rings. The second-order valence-electron chi connectivity index (χ2n) is 20.5. The Bertz CT molecular complexity index is 2200. The standard InChI is InChI=1S/C52H71FNO12PS/c1-49-22-19-40(56)29-39(49)16-17-41-42-30-47-52(46(59)33-55,50(42,2)31-45(58)51(41,49)53)65-48(64-47)36-20-26-68(27-21-36)34-38-28-37(15-18-44(38)66-67(60,61)62)43(57)32-54-23-9-3-4-10-24-63-25-11-8-14-35-12-6-5-7-13-35/h5-7,12-13,15,18-19,22,28-29,36,41-43,45,47-48,54-55,57-58H,3-4,8-11,14,16-17,20-21,23-27,30-34H2,1-2H3,(H-,60,61,62)/t36?,41-,42-,43?,45-,47+,48+,49-,50-,51-,52+,68?/m0/s1. The number of phosphoric ester groups is 1. The highest BCUT2D eigenvalue weighted by Crippen LogP contribution is 2.72. The van der Waals surface area contributed by atoms with Crippen LogP contribution >= 0.6 is 7.82 Å². The monoisotopic (exact) mass is 983 g/mol. The van der Waals surface area contributed by atoms with Gasteiger partial charge in [0.05, 0.1) is 18.3 Å².